The third-order valence-corrected chi connectivity index (χ3v) is 7.39. The van der Waals surface area contributed by atoms with Gasteiger partial charge in [-0.15, -0.1) is 11.3 Å². The number of nitrogens with one attached hydrogen (secondary N) is 1. The van der Waals surface area contributed by atoms with Gasteiger partial charge >= 0.3 is 11.9 Å². The van der Waals surface area contributed by atoms with Gasteiger partial charge in [0.15, 0.2) is 0 Å². The number of amides is 1. The third kappa shape index (κ3) is 3.06. The van der Waals surface area contributed by atoms with Crippen LogP contribution in [0.25, 0.3) is 0 Å². The summed E-state index contributed by atoms with van der Waals surface area (Å²) in [6, 6.07) is 0. The Bertz CT molecular complexity index is 700. The van der Waals surface area contributed by atoms with Gasteiger partial charge in [-0.25, -0.2) is 9.59 Å². The monoisotopic (exact) mass is 467 g/mol. The summed E-state index contributed by atoms with van der Waals surface area (Å²) in [7, 11) is 2.50. The van der Waals surface area contributed by atoms with E-state index in [0.717, 1.165) is 11.3 Å². The first kappa shape index (κ1) is 18.4. The number of carbonyl (C=O) groups excluding carboxylic acids is 3. The molecule has 9 heteroatoms. The second-order valence-corrected chi connectivity index (χ2v) is 10.2. The minimum Gasteiger partial charge on any atom is -0.465 e. The van der Waals surface area contributed by atoms with Crippen LogP contribution in [0.2, 0.25) is 0 Å². The zero-order valence-electron chi connectivity index (χ0n) is 12.9. The Hall–Kier alpha value is -0.930. The molecule has 0 spiro atoms. The summed E-state index contributed by atoms with van der Waals surface area (Å²) >= 11 is 7.86. The SMILES string of the molecule is COC(=O)c1sc(NC(=O)[C@@]2(C)CC2(Br)Br)c(C(=O)OC)c1C. The Kier molecular flexibility index (Phi) is 4.94. The topological polar surface area (TPSA) is 81.7 Å². The van der Waals surface area contributed by atoms with Crippen LogP contribution in [0.15, 0.2) is 0 Å². The number of halogens is 2. The van der Waals surface area contributed by atoms with Gasteiger partial charge in [0, 0.05) is 0 Å². The standard InChI is InChI=1S/C14H15Br2NO5S/c1-6-7(10(18)21-3)9(23-8(6)11(19)22-4)17-12(20)13(2)5-14(13,15)16/h5H2,1-4H3,(H,17,20)/t13-/m1/s1. The highest BCUT2D eigenvalue weighted by Crippen LogP contribution is 2.66. The molecular weight excluding hydrogens is 454 g/mol. The molecule has 1 amide bonds. The van der Waals surface area contributed by atoms with Crippen molar-refractivity contribution < 1.29 is 23.9 Å². The fraction of sp³-hybridized carbons (Fsp3) is 0.500. The zero-order valence-corrected chi connectivity index (χ0v) is 16.9. The van der Waals surface area contributed by atoms with Crippen molar-refractivity contribution in [3.63, 3.8) is 0 Å². The summed E-state index contributed by atoms with van der Waals surface area (Å²) in [5, 5.41) is 3.02. The van der Waals surface area contributed by atoms with Crippen LogP contribution >= 0.6 is 43.2 Å². The van der Waals surface area contributed by atoms with E-state index >= 15 is 0 Å². The van der Waals surface area contributed by atoms with Crippen LogP contribution < -0.4 is 5.32 Å². The molecule has 0 bridgehead atoms. The predicted octanol–water partition coefficient (Wildman–Crippen LogP) is 3.46. The highest BCUT2D eigenvalue weighted by Gasteiger charge is 2.66. The Morgan fingerprint density at radius 3 is 2.13 bits per heavy atom. The molecule has 1 aliphatic rings. The molecule has 1 aliphatic carbocycles. The van der Waals surface area contributed by atoms with Gasteiger partial charge in [-0.3, -0.25) is 4.79 Å². The van der Waals surface area contributed by atoms with Crippen LogP contribution in [0, 0.1) is 12.3 Å². The maximum absolute atomic E-state index is 12.5. The van der Waals surface area contributed by atoms with Crippen LogP contribution in [0.3, 0.4) is 0 Å². The quantitative estimate of drug-likeness (QED) is 0.540. The van der Waals surface area contributed by atoms with Crippen molar-refractivity contribution in [3.8, 4) is 0 Å². The van der Waals surface area contributed by atoms with Gasteiger partial charge in [0.25, 0.3) is 0 Å². The molecule has 23 heavy (non-hydrogen) atoms. The molecule has 6 nitrogen and oxygen atoms in total. The molecule has 0 aliphatic heterocycles. The number of alkyl halides is 2. The lowest BCUT2D eigenvalue weighted by Gasteiger charge is -2.13. The maximum atomic E-state index is 12.5. The number of ether oxygens (including phenoxy) is 2. The van der Waals surface area contributed by atoms with Crippen LogP contribution in [0.1, 0.15) is 38.9 Å². The number of thiophene rings is 1. The van der Waals surface area contributed by atoms with Crippen molar-refractivity contribution >= 4 is 66.0 Å². The summed E-state index contributed by atoms with van der Waals surface area (Å²) in [6.45, 7) is 3.41. The Morgan fingerprint density at radius 1 is 1.17 bits per heavy atom. The smallest absolute Gasteiger partial charge is 0.348 e. The summed E-state index contributed by atoms with van der Waals surface area (Å²) < 4.78 is 9.00. The number of hydrogen-bond acceptors (Lipinski definition) is 6. The summed E-state index contributed by atoms with van der Waals surface area (Å²) in [6.07, 6.45) is 0.605. The summed E-state index contributed by atoms with van der Waals surface area (Å²) in [5.74, 6) is -1.44. The summed E-state index contributed by atoms with van der Waals surface area (Å²) in [4.78, 5) is 36.6. The lowest BCUT2D eigenvalue weighted by Crippen LogP contribution is -2.26. The lowest BCUT2D eigenvalue weighted by atomic mass is 10.1. The maximum Gasteiger partial charge on any atom is 0.348 e. The number of rotatable bonds is 4. The second-order valence-electron chi connectivity index (χ2n) is 5.41. The van der Waals surface area contributed by atoms with Gasteiger partial charge in [-0.05, 0) is 25.8 Å². The van der Waals surface area contributed by atoms with Crippen LogP contribution in [0.4, 0.5) is 5.00 Å². The van der Waals surface area contributed by atoms with E-state index in [0.29, 0.717) is 12.0 Å². The Balaban J connectivity index is 2.40. The van der Waals surface area contributed by atoms with Crippen molar-refractivity contribution in [2.24, 2.45) is 5.41 Å². The molecule has 2 rings (SSSR count). The van der Waals surface area contributed by atoms with Crippen LogP contribution in [-0.2, 0) is 14.3 Å². The molecule has 0 saturated heterocycles. The van der Waals surface area contributed by atoms with Crippen LogP contribution in [0.5, 0.6) is 0 Å². The first-order valence-corrected chi connectivity index (χ1v) is 8.98. The largest absolute Gasteiger partial charge is 0.465 e. The molecular formula is C14H15Br2NO5S. The minimum atomic E-state index is -0.649. The number of hydrogen-bond donors (Lipinski definition) is 1. The van der Waals surface area contributed by atoms with E-state index in [4.69, 9.17) is 9.47 Å². The van der Waals surface area contributed by atoms with E-state index in [1.54, 1.807) is 13.8 Å². The first-order valence-electron chi connectivity index (χ1n) is 6.58. The molecule has 1 saturated carbocycles. The molecule has 1 aromatic rings. The predicted molar refractivity (Wildman–Crippen MR) is 93.7 cm³/mol. The van der Waals surface area contributed by atoms with Gasteiger partial charge in [0.1, 0.15) is 9.88 Å². The highest BCUT2D eigenvalue weighted by atomic mass is 79.9. The Labute approximate surface area is 154 Å². The van der Waals surface area contributed by atoms with Gasteiger partial charge in [0.05, 0.1) is 28.4 Å². The van der Waals surface area contributed by atoms with E-state index in [2.05, 4.69) is 37.2 Å². The van der Waals surface area contributed by atoms with Gasteiger partial charge < -0.3 is 14.8 Å². The summed E-state index contributed by atoms with van der Waals surface area (Å²) in [5.41, 5.74) is -0.0527. The fourth-order valence-corrected chi connectivity index (χ4v) is 4.71. The van der Waals surface area contributed by atoms with Crippen molar-refractivity contribution in [1.29, 1.82) is 0 Å². The van der Waals surface area contributed by atoms with E-state index in [1.165, 1.54) is 14.2 Å². The van der Waals surface area contributed by atoms with E-state index in [-0.39, 0.29) is 21.3 Å². The highest BCUT2D eigenvalue weighted by molar-refractivity contribution is 9.25. The molecule has 1 atom stereocenters. The molecule has 0 unspecified atom stereocenters. The van der Waals surface area contributed by atoms with Crippen LogP contribution in [-0.4, -0.2) is 35.3 Å². The van der Waals surface area contributed by atoms with Gasteiger partial charge in [-0.1, -0.05) is 31.9 Å². The molecule has 126 valence electrons. The second kappa shape index (κ2) is 6.18. The Morgan fingerprint density at radius 2 is 1.70 bits per heavy atom. The zero-order chi connectivity index (χ0) is 17.6. The number of methoxy groups -OCH3 is 2. The van der Waals surface area contributed by atoms with E-state index in [1.807, 2.05) is 0 Å². The molecule has 1 fully saturated rings. The van der Waals surface area contributed by atoms with E-state index in [9.17, 15) is 14.4 Å². The van der Waals surface area contributed by atoms with Crippen molar-refractivity contribution in [2.45, 2.75) is 23.5 Å². The number of carbonyl (C=O) groups is 3. The van der Waals surface area contributed by atoms with E-state index < -0.39 is 20.6 Å². The van der Waals surface area contributed by atoms with Gasteiger partial charge in [0.2, 0.25) is 5.91 Å². The first-order chi connectivity index (χ1) is 10.6. The van der Waals surface area contributed by atoms with Crippen molar-refractivity contribution in [2.75, 3.05) is 19.5 Å². The normalized spacial score (nSPS) is 21.5. The molecule has 0 radical (unpaired) electrons. The number of anilines is 1. The number of esters is 2. The molecule has 1 aromatic heterocycles. The third-order valence-electron chi connectivity index (χ3n) is 3.89. The lowest BCUT2D eigenvalue weighted by molar-refractivity contribution is -0.120. The average Bonchev–Trinajstić information content (AvgIpc) is 2.85. The average molecular weight is 469 g/mol. The molecule has 1 heterocycles. The minimum absolute atomic E-state index is 0.172. The van der Waals surface area contributed by atoms with Crippen molar-refractivity contribution in [3.05, 3.63) is 16.0 Å². The molecule has 1 N–H and O–H groups in total. The van der Waals surface area contributed by atoms with Gasteiger partial charge in [-0.2, -0.15) is 0 Å². The fourth-order valence-electron chi connectivity index (χ4n) is 2.12. The molecule has 0 aromatic carbocycles. The van der Waals surface area contributed by atoms with Crippen molar-refractivity contribution in [1.82, 2.24) is 0 Å².